The van der Waals surface area contributed by atoms with Crippen molar-refractivity contribution in [3.05, 3.63) is 71.3 Å². The van der Waals surface area contributed by atoms with Gasteiger partial charge in [0, 0.05) is 19.3 Å². The van der Waals surface area contributed by atoms with Gasteiger partial charge in [0.1, 0.15) is 0 Å². The summed E-state index contributed by atoms with van der Waals surface area (Å²) in [6.07, 6.45) is 1.29. The zero-order valence-electron chi connectivity index (χ0n) is 15.8. The second kappa shape index (κ2) is 8.62. The van der Waals surface area contributed by atoms with Crippen LogP contribution in [0.3, 0.4) is 0 Å². The molecule has 0 bridgehead atoms. The van der Waals surface area contributed by atoms with E-state index in [4.69, 9.17) is 0 Å². The first-order valence-corrected chi connectivity index (χ1v) is 9.32. The second-order valence-electron chi connectivity index (χ2n) is 6.88. The standard InChI is InChI=1S/C22H25N3O2/c1-16-8-10-19(11-9-16)20-12-13-22(27)25(24-20)15-14-21(26)23-17(2)18-6-4-3-5-7-18/h3-11,17H,12-15H2,1-2H3,(H,23,26)/t17-/m1/s1. The van der Waals surface area contributed by atoms with E-state index in [-0.39, 0.29) is 24.3 Å². The monoisotopic (exact) mass is 363 g/mol. The quantitative estimate of drug-likeness (QED) is 0.852. The third-order valence-corrected chi connectivity index (χ3v) is 4.72. The Hall–Kier alpha value is -2.95. The molecule has 3 rings (SSSR count). The predicted molar refractivity (Wildman–Crippen MR) is 106 cm³/mol. The number of carbonyl (C=O) groups excluding carboxylic acids is 2. The molecule has 1 aliphatic heterocycles. The summed E-state index contributed by atoms with van der Waals surface area (Å²) in [7, 11) is 0. The van der Waals surface area contributed by atoms with Gasteiger partial charge >= 0.3 is 0 Å². The number of hydrogen-bond donors (Lipinski definition) is 1. The largest absolute Gasteiger partial charge is 0.350 e. The molecular weight excluding hydrogens is 338 g/mol. The molecule has 5 heteroatoms. The molecule has 2 amide bonds. The number of aryl methyl sites for hydroxylation is 1. The van der Waals surface area contributed by atoms with Crippen LogP contribution in [-0.2, 0) is 9.59 Å². The van der Waals surface area contributed by atoms with Gasteiger partial charge in [-0.15, -0.1) is 0 Å². The SMILES string of the molecule is Cc1ccc(C2=NN(CCC(=O)N[C@H](C)c3ccccc3)C(=O)CC2)cc1. The summed E-state index contributed by atoms with van der Waals surface area (Å²) < 4.78 is 0. The zero-order chi connectivity index (χ0) is 19.2. The van der Waals surface area contributed by atoms with Gasteiger partial charge in [-0.2, -0.15) is 5.10 Å². The molecule has 1 aliphatic rings. The molecule has 0 spiro atoms. The Labute approximate surface area is 160 Å². The number of hydrogen-bond acceptors (Lipinski definition) is 3. The maximum absolute atomic E-state index is 12.3. The molecule has 0 saturated heterocycles. The molecule has 1 atom stereocenters. The molecule has 27 heavy (non-hydrogen) atoms. The lowest BCUT2D eigenvalue weighted by Crippen LogP contribution is -2.36. The number of carbonyl (C=O) groups is 2. The molecule has 0 aliphatic carbocycles. The van der Waals surface area contributed by atoms with E-state index in [1.807, 2.05) is 68.4 Å². The van der Waals surface area contributed by atoms with Crippen molar-refractivity contribution in [1.82, 2.24) is 10.3 Å². The fraction of sp³-hybridized carbons (Fsp3) is 0.318. The molecule has 140 valence electrons. The van der Waals surface area contributed by atoms with E-state index in [1.165, 1.54) is 10.6 Å². The Balaban J connectivity index is 1.58. The van der Waals surface area contributed by atoms with E-state index in [0.29, 0.717) is 19.4 Å². The first kappa shape index (κ1) is 18.8. The average molecular weight is 363 g/mol. The molecule has 1 heterocycles. The molecule has 2 aromatic carbocycles. The van der Waals surface area contributed by atoms with Crippen LogP contribution in [0.25, 0.3) is 0 Å². The average Bonchev–Trinajstić information content (AvgIpc) is 2.68. The highest BCUT2D eigenvalue weighted by molar-refractivity contribution is 6.04. The fourth-order valence-electron chi connectivity index (χ4n) is 3.07. The number of hydrazone groups is 1. The van der Waals surface area contributed by atoms with Crippen molar-refractivity contribution in [2.75, 3.05) is 6.54 Å². The van der Waals surface area contributed by atoms with Crippen LogP contribution in [0.2, 0.25) is 0 Å². The normalized spacial score (nSPS) is 15.3. The molecule has 0 aromatic heterocycles. The zero-order valence-corrected chi connectivity index (χ0v) is 15.8. The number of benzene rings is 2. The highest BCUT2D eigenvalue weighted by atomic mass is 16.2. The van der Waals surface area contributed by atoms with Crippen LogP contribution in [0, 0.1) is 6.92 Å². The van der Waals surface area contributed by atoms with Crippen LogP contribution in [0.5, 0.6) is 0 Å². The Morgan fingerprint density at radius 2 is 1.81 bits per heavy atom. The molecule has 2 aromatic rings. The van der Waals surface area contributed by atoms with Crippen molar-refractivity contribution in [1.29, 1.82) is 0 Å². The molecule has 0 radical (unpaired) electrons. The molecular formula is C22H25N3O2. The lowest BCUT2D eigenvalue weighted by atomic mass is 10.0. The number of amides is 2. The number of nitrogens with one attached hydrogen (secondary N) is 1. The minimum atomic E-state index is -0.0863. The van der Waals surface area contributed by atoms with Crippen LogP contribution < -0.4 is 5.32 Å². The lowest BCUT2D eigenvalue weighted by molar-refractivity contribution is -0.132. The van der Waals surface area contributed by atoms with Crippen molar-refractivity contribution >= 4 is 17.5 Å². The van der Waals surface area contributed by atoms with Crippen LogP contribution in [-0.4, -0.2) is 29.1 Å². The maximum Gasteiger partial charge on any atom is 0.243 e. The summed E-state index contributed by atoms with van der Waals surface area (Å²) in [4.78, 5) is 24.4. The summed E-state index contributed by atoms with van der Waals surface area (Å²) in [5, 5.41) is 8.90. The minimum Gasteiger partial charge on any atom is -0.350 e. The molecule has 0 fully saturated rings. The van der Waals surface area contributed by atoms with Crippen LogP contribution in [0.1, 0.15) is 48.9 Å². The van der Waals surface area contributed by atoms with E-state index in [2.05, 4.69) is 10.4 Å². The summed E-state index contributed by atoms with van der Waals surface area (Å²) in [6, 6.07) is 17.9. The molecule has 0 unspecified atom stereocenters. The Morgan fingerprint density at radius 3 is 2.52 bits per heavy atom. The van der Waals surface area contributed by atoms with Crippen molar-refractivity contribution in [3.63, 3.8) is 0 Å². The Bertz CT molecular complexity index is 828. The lowest BCUT2D eigenvalue weighted by Gasteiger charge is -2.24. The summed E-state index contributed by atoms with van der Waals surface area (Å²) in [6.45, 7) is 4.28. The molecule has 5 nitrogen and oxygen atoms in total. The third-order valence-electron chi connectivity index (χ3n) is 4.72. The van der Waals surface area contributed by atoms with E-state index >= 15 is 0 Å². The van der Waals surface area contributed by atoms with Gasteiger partial charge in [0.15, 0.2) is 0 Å². The van der Waals surface area contributed by atoms with Gasteiger partial charge in [-0.3, -0.25) is 9.59 Å². The third kappa shape index (κ3) is 5.03. The number of nitrogens with zero attached hydrogens (tertiary/aromatic N) is 2. The van der Waals surface area contributed by atoms with Gasteiger partial charge < -0.3 is 5.32 Å². The van der Waals surface area contributed by atoms with Gasteiger partial charge in [0.25, 0.3) is 0 Å². The van der Waals surface area contributed by atoms with Crippen molar-refractivity contribution in [2.24, 2.45) is 5.10 Å². The van der Waals surface area contributed by atoms with E-state index < -0.39 is 0 Å². The predicted octanol–water partition coefficient (Wildman–Crippen LogP) is 3.59. The van der Waals surface area contributed by atoms with Crippen LogP contribution in [0.15, 0.2) is 59.7 Å². The Kier molecular flexibility index (Phi) is 6.01. The van der Waals surface area contributed by atoms with Gasteiger partial charge in [-0.1, -0.05) is 60.2 Å². The second-order valence-corrected chi connectivity index (χ2v) is 6.88. The first-order valence-electron chi connectivity index (χ1n) is 9.32. The molecule has 0 saturated carbocycles. The first-order chi connectivity index (χ1) is 13.0. The van der Waals surface area contributed by atoms with Crippen molar-refractivity contribution < 1.29 is 9.59 Å². The van der Waals surface area contributed by atoms with Gasteiger partial charge in [-0.05, 0) is 25.0 Å². The summed E-state index contributed by atoms with van der Waals surface area (Å²) >= 11 is 0. The van der Waals surface area contributed by atoms with E-state index in [1.54, 1.807) is 0 Å². The minimum absolute atomic E-state index is 0.0326. The van der Waals surface area contributed by atoms with E-state index in [9.17, 15) is 9.59 Å². The summed E-state index contributed by atoms with van der Waals surface area (Å²) in [5.74, 6) is -0.119. The van der Waals surface area contributed by atoms with Crippen molar-refractivity contribution in [3.8, 4) is 0 Å². The van der Waals surface area contributed by atoms with Crippen molar-refractivity contribution in [2.45, 2.75) is 39.2 Å². The van der Waals surface area contributed by atoms with Gasteiger partial charge in [-0.25, -0.2) is 5.01 Å². The van der Waals surface area contributed by atoms with Gasteiger partial charge in [0.2, 0.25) is 11.8 Å². The highest BCUT2D eigenvalue weighted by Crippen LogP contribution is 2.16. The summed E-state index contributed by atoms with van der Waals surface area (Å²) in [5.41, 5.74) is 4.17. The highest BCUT2D eigenvalue weighted by Gasteiger charge is 2.22. The Morgan fingerprint density at radius 1 is 1.11 bits per heavy atom. The van der Waals surface area contributed by atoms with Crippen LogP contribution in [0.4, 0.5) is 0 Å². The number of rotatable bonds is 6. The van der Waals surface area contributed by atoms with E-state index in [0.717, 1.165) is 16.8 Å². The van der Waals surface area contributed by atoms with Crippen LogP contribution >= 0.6 is 0 Å². The smallest absolute Gasteiger partial charge is 0.243 e. The fourth-order valence-corrected chi connectivity index (χ4v) is 3.07. The maximum atomic E-state index is 12.3. The van der Waals surface area contributed by atoms with Gasteiger partial charge in [0.05, 0.1) is 18.3 Å². The molecule has 1 N–H and O–H groups in total. The topological polar surface area (TPSA) is 61.8 Å².